The largest absolute Gasteiger partial charge is 0.497 e. The third-order valence-electron chi connectivity index (χ3n) is 6.79. The molecular formula is C32H26ClN3O5. The number of hydrogen-bond acceptors (Lipinski definition) is 5. The van der Waals surface area contributed by atoms with Crippen LogP contribution < -0.4 is 15.0 Å². The molecule has 0 saturated carbocycles. The fourth-order valence-electron chi connectivity index (χ4n) is 4.73. The van der Waals surface area contributed by atoms with Crippen LogP contribution in [0.1, 0.15) is 27.5 Å². The summed E-state index contributed by atoms with van der Waals surface area (Å²) in [5.41, 5.74) is 2.42. The second kappa shape index (κ2) is 12.1. The number of hydrogen-bond donors (Lipinski definition) is 1. The van der Waals surface area contributed by atoms with Crippen molar-refractivity contribution in [2.75, 3.05) is 23.9 Å². The van der Waals surface area contributed by atoms with Gasteiger partial charge in [-0.15, -0.1) is 0 Å². The van der Waals surface area contributed by atoms with Crippen molar-refractivity contribution in [3.05, 3.63) is 125 Å². The monoisotopic (exact) mass is 567 g/mol. The number of Topliss-reactive ketones (excluding diaryl/α,β-unsaturated/α-hetero) is 1. The van der Waals surface area contributed by atoms with Crippen molar-refractivity contribution in [3.8, 4) is 5.75 Å². The van der Waals surface area contributed by atoms with Gasteiger partial charge in [0.1, 0.15) is 18.3 Å². The van der Waals surface area contributed by atoms with Gasteiger partial charge in [0.2, 0.25) is 5.91 Å². The van der Waals surface area contributed by atoms with E-state index in [1.165, 1.54) is 4.90 Å². The van der Waals surface area contributed by atoms with Crippen LogP contribution in [-0.2, 0) is 20.9 Å². The van der Waals surface area contributed by atoms with Crippen LogP contribution in [0.2, 0.25) is 5.02 Å². The van der Waals surface area contributed by atoms with E-state index in [0.29, 0.717) is 27.7 Å². The molecule has 1 N–H and O–H groups in total. The molecule has 0 aromatic heterocycles. The predicted octanol–water partition coefficient (Wildman–Crippen LogP) is 5.29. The van der Waals surface area contributed by atoms with Crippen molar-refractivity contribution < 1.29 is 23.9 Å². The van der Waals surface area contributed by atoms with Crippen molar-refractivity contribution in [1.29, 1.82) is 0 Å². The maximum Gasteiger partial charge on any atom is 0.299 e. The summed E-state index contributed by atoms with van der Waals surface area (Å²) in [5, 5.41) is 3.43. The molecule has 1 atom stereocenters. The Hall–Kier alpha value is -4.95. The Morgan fingerprint density at radius 2 is 1.54 bits per heavy atom. The van der Waals surface area contributed by atoms with Crippen LogP contribution in [0.25, 0.3) is 0 Å². The number of methoxy groups -OCH3 is 1. The van der Waals surface area contributed by atoms with Gasteiger partial charge in [-0.2, -0.15) is 0 Å². The molecule has 206 valence electrons. The van der Waals surface area contributed by atoms with Crippen LogP contribution in [0.15, 0.2) is 103 Å². The fraction of sp³-hybridized carbons (Fsp3) is 0.125. The molecule has 4 aromatic carbocycles. The van der Waals surface area contributed by atoms with Crippen molar-refractivity contribution >= 4 is 46.5 Å². The summed E-state index contributed by atoms with van der Waals surface area (Å²) in [6.45, 7) is -0.377. The van der Waals surface area contributed by atoms with Gasteiger partial charge in [0, 0.05) is 17.3 Å². The molecule has 0 saturated heterocycles. The summed E-state index contributed by atoms with van der Waals surface area (Å²) in [6, 6.07) is 28.2. The summed E-state index contributed by atoms with van der Waals surface area (Å²) >= 11 is 6.09. The van der Waals surface area contributed by atoms with Gasteiger partial charge in [-0.05, 0) is 59.7 Å². The first-order chi connectivity index (χ1) is 19.9. The number of carbonyl (C=O) groups is 4. The van der Waals surface area contributed by atoms with Crippen LogP contribution in [0.5, 0.6) is 5.75 Å². The Morgan fingerprint density at radius 3 is 2.22 bits per heavy atom. The Bertz CT molecular complexity index is 1590. The quantitative estimate of drug-likeness (QED) is 0.277. The van der Waals surface area contributed by atoms with Gasteiger partial charge in [0.25, 0.3) is 17.6 Å². The molecule has 9 heteroatoms. The topological polar surface area (TPSA) is 96.0 Å². The number of halogens is 1. The number of benzene rings is 4. The number of nitrogens with zero attached hydrogens (tertiary/aromatic N) is 2. The number of ketones is 1. The normalized spacial score (nSPS) is 13.0. The summed E-state index contributed by atoms with van der Waals surface area (Å²) in [4.78, 5) is 56.1. The Balaban J connectivity index is 1.52. The third kappa shape index (κ3) is 5.97. The van der Waals surface area contributed by atoms with E-state index < -0.39 is 36.1 Å². The molecule has 0 fully saturated rings. The van der Waals surface area contributed by atoms with E-state index in [4.69, 9.17) is 16.3 Å². The Labute approximate surface area is 242 Å². The lowest BCUT2D eigenvalue weighted by atomic mass is 10.0. The maximum absolute atomic E-state index is 14.1. The zero-order valence-electron chi connectivity index (χ0n) is 22.1. The van der Waals surface area contributed by atoms with E-state index in [-0.39, 0.29) is 12.1 Å². The van der Waals surface area contributed by atoms with E-state index in [9.17, 15) is 19.2 Å². The Morgan fingerprint density at radius 1 is 0.878 bits per heavy atom. The van der Waals surface area contributed by atoms with Gasteiger partial charge >= 0.3 is 0 Å². The average Bonchev–Trinajstić information content (AvgIpc) is 3.23. The molecular weight excluding hydrogens is 542 g/mol. The number of anilines is 2. The number of ether oxygens (including phenoxy) is 1. The second-order valence-electron chi connectivity index (χ2n) is 9.42. The zero-order chi connectivity index (χ0) is 28.9. The van der Waals surface area contributed by atoms with E-state index in [1.54, 1.807) is 104 Å². The summed E-state index contributed by atoms with van der Waals surface area (Å²) < 4.78 is 5.21. The fourth-order valence-corrected chi connectivity index (χ4v) is 4.86. The molecule has 1 aliphatic heterocycles. The lowest BCUT2D eigenvalue weighted by Crippen LogP contribution is -2.46. The second-order valence-corrected chi connectivity index (χ2v) is 9.85. The molecule has 41 heavy (non-hydrogen) atoms. The average molecular weight is 568 g/mol. The SMILES string of the molecule is COc1ccc(NC(=O)[C@H](c2ccccc2)N(Cc2ccc(Cl)cc2)C(=O)CN2C(=O)C(=O)c3ccccc32)cc1. The Kier molecular flexibility index (Phi) is 8.12. The molecule has 1 aliphatic rings. The molecule has 3 amide bonds. The molecule has 4 aromatic rings. The first-order valence-corrected chi connectivity index (χ1v) is 13.2. The number of para-hydroxylation sites is 1. The number of amides is 3. The highest BCUT2D eigenvalue weighted by Gasteiger charge is 2.39. The first kappa shape index (κ1) is 27.6. The molecule has 0 spiro atoms. The lowest BCUT2D eigenvalue weighted by molar-refractivity contribution is -0.139. The number of rotatable bonds is 9. The van der Waals surface area contributed by atoms with Crippen molar-refractivity contribution in [2.45, 2.75) is 12.6 Å². The number of fused-ring (bicyclic) bond motifs is 1. The van der Waals surface area contributed by atoms with Crippen molar-refractivity contribution in [2.24, 2.45) is 0 Å². The molecule has 0 aliphatic carbocycles. The van der Waals surface area contributed by atoms with Gasteiger partial charge in [0.05, 0.1) is 18.4 Å². The van der Waals surface area contributed by atoms with Crippen LogP contribution in [0.4, 0.5) is 11.4 Å². The molecule has 8 nitrogen and oxygen atoms in total. The highest BCUT2D eigenvalue weighted by molar-refractivity contribution is 6.52. The molecule has 5 rings (SSSR count). The lowest BCUT2D eigenvalue weighted by Gasteiger charge is -2.33. The van der Waals surface area contributed by atoms with Crippen LogP contribution >= 0.6 is 11.6 Å². The maximum atomic E-state index is 14.1. The number of carbonyl (C=O) groups excluding carboxylic acids is 4. The molecule has 1 heterocycles. The highest BCUT2D eigenvalue weighted by atomic mass is 35.5. The zero-order valence-corrected chi connectivity index (χ0v) is 22.9. The van der Waals surface area contributed by atoms with Gasteiger partial charge in [0.15, 0.2) is 0 Å². The van der Waals surface area contributed by atoms with Gasteiger partial charge in [-0.1, -0.05) is 66.2 Å². The molecule has 0 radical (unpaired) electrons. The third-order valence-corrected chi connectivity index (χ3v) is 7.04. The smallest absolute Gasteiger partial charge is 0.299 e. The minimum Gasteiger partial charge on any atom is -0.497 e. The van der Waals surface area contributed by atoms with Gasteiger partial charge in [-0.25, -0.2) is 0 Å². The van der Waals surface area contributed by atoms with Crippen LogP contribution in [0.3, 0.4) is 0 Å². The van der Waals surface area contributed by atoms with Crippen molar-refractivity contribution in [1.82, 2.24) is 4.90 Å². The first-order valence-electron chi connectivity index (χ1n) is 12.8. The van der Waals surface area contributed by atoms with E-state index in [2.05, 4.69) is 5.32 Å². The highest BCUT2D eigenvalue weighted by Crippen LogP contribution is 2.31. The number of nitrogens with one attached hydrogen (secondary N) is 1. The van der Waals surface area contributed by atoms with Gasteiger partial charge < -0.3 is 15.0 Å². The summed E-state index contributed by atoms with van der Waals surface area (Å²) in [7, 11) is 1.55. The van der Waals surface area contributed by atoms with E-state index in [1.807, 2.05) is 6.07 Å². The summed E-state index contributed by atoms with van der Waals surface area (Å²) in [5.74, 6) is -1.80. The molecule has 0 bridgehead atoms. The van der Waals surface area contributed by atoms with Crippen LogP contribution in [0, 0.1) is 0 Å². The van der Waals surface area contributed by atoms with E-state index in [0.717, 1.165) is 10.5 Å². The minimum absolute atomic E-state index is 0.0449. The summed E-state index contributed by atoms with van der Waals surface area (Å²) in [6.07, 6.45) is 0. The van der Waals surface area contributed by atoms with Crippen LogP contribution in [-0.4, -0.2) is 42.1 Å². The minimum atomic E-state index is -1.06. The standard InChI is InChI=1S/C32H26ClN3O5/c1-41-25-17-15-24(16-18-25)34-31(39)29(22-7-3-2-4-8-22)36(19-21-11-13-23(33)14-12-21)28(37)20-35-27-10-6-5-9-26(27)30(38)32(35)40/h2-18,29H,19-20H2,1H3,(H,34,39)/t29-/m0/s1. The van der Waals surface area contributed by atoms with Gasteiger partial charge in [-0.3, -0.25) is 24.1 Å². The van der Waals surface area contributed by atoms with Crippen molar-refractivity contribution in [3.63, 3.8) is 0 Å². The molecule has 0 unspecified atom stereocenters. The van der Waals surface area contributed by atoms with E-state index >= 15 is 0 Å². The predicted molar refractivity (Wildman–Crippen MR) is 156 cm³/mol.